The Kier molecular flexibility index (Phi) is 4.51. The van der Waals surface area contributed by atoms with E-state index >= 15 is 0 Å². The number of hydrogen-bond acceptors (Lipinski definition) is 2. The SMILES string of the molecule is CC[C@H](c1ccccc1)[C@H]1CCCN1C(=O)c1cc(C)nn1C. The molecule has 1 amide bonds. The monoisotopic (exact) mass is 311 g/mol. The van der Waals surface area contributed by atoms with Gasteiger partial charge in [-0.15, -0.1) is 0 Å². The quantitative estimate of drug-likeness (QED) is 0.866. The molecule has 1 aromatic carbocycles. The molecule has 4 nitrogen and oxygen atoms in total. The molecule has 0 bridgehead atoms. The third-order valence-corrected chi connectivity index (χ3v) is 4.91. The number of aromatic nitrogens is 2. The van der Waals surface area contributed by atoms with Crippen molar-refractivity contribution in [3.8, 4) is 0 Å². The first-order chi connectivity index (χ1) is 11.1. The Morgan fingerprint density at radius 3 is 2.70 bits per heavy atom. The molecule has 1 aliphatic rings. The molecule has 0 radical (unpaired) electrons. The van der Waals surface area contributed by atoms with E-state index in [1.165, 1.54) is 5.56 Å². The van der Waals surface area contributed by atoms with Gasteiger partial charge in [-0.2, -0.15) is 5.10 Å². The molecular weight excluding hydrogens is 286 g/mol. The van der Waals surface area contributed by atoms with Gasteiger partial charge in [0, 0.05) is 25.6 Å². The number of carbonyl (C=O) groups is 1. The number of amides is 1. The molecule has 4 heteroatoms. The maximum absolute atomic E-state index is 13.0. The van der Waals surface area contributed by atoms with Crippen molar-refractivity contribution in [2.75, 3.05) is 6.54 Å². The fourth-order valence-electron chi connectivity index (χ4n) is 3.85. The van der Waals surface area contributed by atoms with E-state index in [0.29, 0.717) is 11.6 Å². The minimum absolute atomic E-state index is 0.116. The number of nitrogens with zero attached hydrogens (tertiary/aromatic N) is 3. The minimum Gasteiger partial charge on any atom is -0.334 e. The Bertz CT molecular complexity index is 677. The Balaban J connectivity index is 1.87. The van der Waals surface area contributed by atoms with Gasteiger partial charge in [0.1, 0.15) is 5.69 Å². The predicted octanol–water partition coefficient (Wildman–Crippen LogP) is 3.53. The van der Waals surface area contributed by atoms with E-state index in [4.69, 9.17) is 0 Å². The molecule has 1 fully saturated rings. The van der Waals surface area contributed by atoms with Crippen molar-refractivity contribution < 1.29 is 4.79 Å². The molecule has 0 unspecified atom stereocenters. The number of hydrogen-bond donors (Lipinski definition) is 0. The number of benzene rings is 1. The third-order valence-electron chi connectivity index (χ3n) is 4.91. The van der Waals surface area contributed by atoms with Crippen molar-refractivity contribution >= 4 is 5.91 Å². The molecule has 0 saturated carbocycles. The van der Waals surface area contributed by atoms with E-state index < -0.39 is 0 Å². The van der Waals surface area contributed by atoms with Crippen molar-refractivity contribution in [3.05, 3.63) is 53.3 Å². The van der Waals surface area contributed by atoms with Crippen LogP contribution in [0.25, 0.3) is 0 Å². The van der Waals surface area contributed by atoms with E-state index in [9.17, 15) is 4.79 Å². The van der Waals surface area contributed by atoms with Crippen LogP contribution in [0.5, 0.6) is 0 Å². The van der Waals surface area contributed by atoms with Crippen LogP contribution < -0.4 is 0 Å². The standard InChI is InChI=1S/C19H25N3O/c1-4-16(15-9-6-5-7-10-15)17-11-8-12-22(17)19(23)18-13-14(2)20-21(18)3/h5-7,9-10,13,16-17H,4,8,11-12H2,1-3H3/t16-,17-/m1/s1. The largest absolute Gasteiger partial charge is 0.334 e. The highest BCUT2D eigenvalue weighted by molar-refractivity contribution is 5.93. The van der Waals surface area contributed by atoms with Gasteiger partial charge >= 0.3 is 0 Å². The zero-order valence-electron chi connectivity index (χ0n) is 14.2. The highest BCUT2D eigenvalue weighted by atomic mass is 16.2. The first-order valence-corrected chi connectivity index (χ1v) is 8.48. The Morgan fingerprint density at radius 1 is 1.35 bits per heavy atom. The van der Waals surface area contributed by atoms with Gasteiger partial charge in [-0.3, -0.25) is 9.48 Å². The van der Waals surface area contributed by atoms with Crippen molar-refractivity contribution in [1.82, 2.24) is 14.7 Å². The van der Waals surface area contributed by atoms with E-state index in [2.05, 4.69) is 41.2 Å². The van der Waals surface area contributed by atoms with Crippen molar-refractivity contribution in [3.63, 3.8) is 0 Å². The van der Waals surface area contributed by atoms with Crippen LogP contribution in [-0.2, 0) is 7.05 Å². The Morgan fingerprint density at radius 2 is 2.09 bits per heavy atom. The lowest BCUT2D eigenvalue weighted by Gasteiger charge is -2.31. The molecule has 122 valence electrons. The predicted molar refractivity (Wildman–Crippen MR) is 91.5 cm³/mol. The number of carbonyl (C=O) groups excluding carboxylic acids is 1. The summed E-state index contributed by atoms with van der Waals surface area (Å²) in [4.78, 5) is 15.1. The zero-order valence-corrected chi connectivity index (χ0v) is 14.2. The van der Waals surface area contributed by atoms with Crippen LogP contribution in [0, 0.1) is 6.92 Å². The van der Waals surface area contributed by atoms with Crippen LogP contribution in [-0.4, -0.2) is 33.2 Å². The molecule has 0 N–H and O–H groups in total. The summed E-state index contributed by atoms with van der Waals surface area (Å²) in [6.07, 6.45) is 3.20. The van der Waals surface area contributed by atoms with Gasteiger partial charge < -0.3 is 4.90 Å². The molecule has 2 heterocycles. The molecule has 0 aliphatic carbocycles. The summed E-state index contributed by atoms with van der Waals surface area (Å²) in [6, 6.07) is 12.8. The summed E-state index contributed by atoms with van der Waals surface area (Å²) in [5, 5.41) is 4.32. The normalized spacial score (nSPS) is 19.1. The number of likely N-dealkylation sites (tertiary alicyclic amines) is 1. The van der Waals surface area contributed by atoms with E-state index in [1.807, 2.05) is 26.1 Å². The van der Waals surface area contributed by atoms with Crippen LogP contribution in [0.4, 0.5) is 0 Å². The maximum Gasteiger partial charge on any atom is 0.272 e. The van der Waals surface area contributed by atoms with Crippen LogP contribution in [0.3, 0.4) is 0 Å². The molecule has 23 heavy (non-hydrogen) atoms. The molecule has 1 aliphatic heterocycles. The van der Waals surface area contributed by atoms with Gasteiger partial charge in [0.2, 0.25) is 0 Å². The minimum atomic E-state index is 0.116. The number of aryl methyl sites for hydroxylation is 2. The van der Waals surface area contributed by atoms with Gasteiger partial charge in [-0.25, -0.2) is 0 Å². The average molecular weight is 311 g/mol. The van der Waals surface area contributed by atoms with Crippen LogP contribution in [0.1, 0.15) is 53.8 Å². The van der Waals surface area contributed by atoms with E-state index in [-0.39, 0.29) is 11.9 Å². The highest BCUT2D eigenvalue weighted by Gasteiger charge is 2.35. The molecular formula is C19H25N3O. The fourth-order valence-corrected chi connectivity index (χ4v) is 3.85. The molecule has 2 aromatic rings. The van der Waals surface area contributed by atoms with Gasteiger partial charge in [0.05, 0.1) is 5.69 Å². The van der Waals surface area contributed by atoms with E-state index in [1.54, 1.807) is 4.68 Å². The van der Waals surface area contributed by atoms with Crippen molar-refractivity contribution in [2.45, 2.75) is 45.1 Å². The lowest BCUT2D eigenvalue weighted by atomic mass is 9.87. The van der Waals surface area contributed by atoms with Gasteiger partial charge in [-0.1, -0.05) is 37.3 Å². The Labute approximate surface area is 138 Å². The van der Waals surface area contributed by atoms with Crippen LogP contribution in [0.15, 0.2) is 36.4 Å². The third kappa shape index (κ3) is 3.03. The molecule has 1 aromatic heterocycles. The molecule has 1 saturated heterocycles. The highest BCUT2D eigenvalue weighted by Crippen LogP contribution is 2.34. The Hall–Kier alpha value is -2.10. The first kappa shape index (κ1) is 15.8. The summed E-state index contributed by atoms with van der Waals surface area (Å²) in [6.45, 7) is 4.99. The zero-order chi connectivity index (χ0) is 16.4. The lowest BCUT2D eigenvalue weighted by Crippen LogP contribution is -2.40. The summed E-state index contributed by atoms with van der Waals surface area (Å²) < 4.78 is 1.70. The van der Waals surface area contributed by atoms with E-state index in [0.717, 1.165) is 31.5 Å². The lowest BCUT2D eigenvalue weighted by molar-refractivity contribution is 0.0703. The summed E-state index contributed by atoms with van der Waals surface area (Å²) in [5.41, 5.74) is 2.92. The van der Waals surface area contributed by atoms with Gasteiger partial charge in [0.15, 0.2) is 0 Å². The first-order valence-electron chi connectivity index (χ1n) is 8.48. The fraction of sp³-hybridized carbons (Fsp3) is 0.474. The second kappa shape index (κ2) is 6.57. The molecule has 2 atom stereocenters. The second-order valence-corrected chi connectivity index (χ2v) is 6.43. The summed E-state index contributed by atoms with van der Waals surface area (Å²) in [5.74, 6) is 0.516. The van der Waals surface area contributed by atoms with Crippen molar-refractivity contribution in [2.24, 2.45) is 7.05 Å². The summed E-state index contributed by atoms with van der Waals surface area (Å²) >= 11 is 0. The number of rotatable bonds is 4. The maximum atomic E-state index is 13.0. The smallest absolute Gasteiger partial charge is 0.272 e. The van der Waals surface area contributed by atoms with Crippen LogP contribution in [0.2, 0.25) is 0 Å². The summed E-state index contributed by atoms with van der Waals surface area (Å²) in [7, 11) is 1.85. The molecule has 0 spiro atoms. The molecule has 3 rings (SSSR count). The topological polar surface area (TPSA) is 38.1 Å². The average Bonchev–Trinajstić information content (AvgIpc) is 3.15. The van der Waals surface area contributed by atoms with Gasteiger partial charge in [0.25, 0.3) is 5.91 Å². The van der Waals surface area contributed by atoms with Gasteiger partial charge in [-0.05, 0) is 37.8 Å². The van der Waals surface area contributed by atoms with Crippen LogP contribution >= 0.6 is 0 Å². The van der Waals surface area contributed by atoms with Crippen molar-refractivity contribution in [1.29, 1.82) is 0 Å². The second-order valence-electron chi connectivity index (χ2n) is 6.43.